The summed E-state index contributed by atoms with van der Waals surface area (Å²) >= 11 is 3.35. The Hall–Kier alpha value is -1.27. The van der Waals surface area contributed by atoms with Crippen molar-refractivity contribution in [2.24, 2.45) is 0 Å². The Kier molecular flexibility index (Phi) is 5.79. The molecule has 6 heteroatoms. The second kappa shape index (κ2) is 7.13. The standard InChI is InChI=1S/C11H15BrN2O3/c1-16-6-5-13-11(15)14-10-7-8(17-2)3-4-9(10)12/h3-4,7H,5-6H2,1-2H3,(H2,13,14,15). The van der Waals surface area contributed by atoms with Crippen molar-refractivity contribution in [3.63, 3.8) is 0 Å². The zero-order valence-electron chi connectivity index (χ0n) is 9.75. The van der Waals surface area contributed by atoms with Crippen LogP contribution in [0.15, 0.2) is 22.7 Å². The Labute approximate surface area is 109 Å². The van der Waals surface area contributed by atoms with Gasteiger partial charge in [0.2, 0.25) is 0 Å². The fourth-order valence-electron chi connectivity index (χ4n) is 1.16. The molecule has 0 aromatic heterocycles. The number of rotatable bonds is 5. The van der Waals surface area contributed by atoms with Gasteiger partial charge in [0.15, 0.2) is 0 Å². The smallest absolute Gasteiger partial charge is 0.319 e. The molecule has 0 atom stereocenters. The first kappa shape index (κ1) is 13.8. The first-order valence-corrected chi connectivity index (χ1v) is 5.84. The third-order valence-corrected chi connectivity index (χ3v) is 2.70. The zero-order valence-corrected chi connectivity index (χ0v) is 11.3. The van der Waals surface area contributed by atoms with Gasteiger partial charge in [-0.15, -0.1) is 0 Å². The highest BCUT2D eigenvalue weighted by Gasteiger charge is 2.06. The molecule has 0 aliphatic carbocycles. The van der Waals surface area contributed by atoms with Gasteiger partial charge in [0.1, 0.15) is 5.75 Å². The van der Waals surface area contributed by atoms with Crippen molar-refractivity contribution in [3.8, 4) is 5.75 Å². The highest BCUT2D eigenvalue weighted by Crippen LogP contribution is 2.26. The summed E-state index contributed by atoms with van der Waals surface area (Å²) in [5.41, 5.74) is 0.652. The number of methoxy groups -OCH3 is 2. The molecular weight excluding hydrogens is 288 g/mol. The van der Waals surface area contributed by atoms with Gasteiger partial charge >= 0.3 is 6.03 Å². The van der Waals surface area contributed by atoms with Crippen LogP contribution in [-0.4, -0.2) is 33.4 Å². The summed E-state index contributed by atoms with van der Waals surface area (Å²) in [7, 11) is 3.16. The van der Waals surface area contributed by atoms with Crippen LogP contribution < -0.4 is 15.4 Å². The highest BCUT2D eigenvalue weighted by atomic mass is 79.9. The van der Waals surface area contributed by atoms with Gasteiger partial charge < -0.3 is 20.1 Å². The first-order valence-electron chi connectivity index (χ1n) is 5.04. The minimum atomic E-state index is -0.281. The summed E-state index contributed by atoms with van der Waals surface area (Å²) in [6.07, 6.45) is 0. The molecule has 0 fully saturated rings. The van der Waals surface area contributed by atoms with Crippen molar-refractivity contribution in [1.82, 2.24) is 5.32 Å². The van der Waals surface area contributed by atoms with Crippen molar-refractivity contribution >= 4 is 27.6 Å². The first-order chi connectivity index (χ1) is 8.17. The molecule has 1 aromatic carbocycles. The monoisotopic (exact) mass is 302 g/mol. The molecule has 0 radical (unpaired) electrons. The van der Waals surface area contributed by atoms with E-state index >= 15 is 0 Å². The quantitative estimate of drug-likeness (QED) is 0.820. The Morgan fingerprint density at radius 1 is 1.41 bits per heavy atom. The molecule has 2 amide bonds. The van der Waals surface area contributed by atoms with Crippen LogP contribution in [0.25, 0.3) is 0 Å². The van der Waals surface area contributed by atoms with E-state index in [0.717, 1.165) is 4.47 Å². The van der Waals surface area contributed by atoms with Crippen LogP contribution in [0.1, 0.15) is 0 Å². The maximum Gasteiger partial charge on any atom is 0.319 e. The fraction of sp³-hybridized carbons (Fsp3) is 0.364. The number of anilines is 1. The molecule has 2 N–H and O–H groups in total. The highest BCUT2D eigenvalue weighted by molar-refractivity contribution is 9.10. The molecule has 0 saturated heterocycles. The van der Waals surface area contributed by atoms with E-state index in [-0.39, 0.29) is 6.03 Å². The molecule has 1 rings (SSSR count). The molecule has 0 aliphatic rings. The minimum absolute atomic E-state index is 0.281. The lowest BCUT2D eigenvalue weighted by Gasteiger charge is -2.10. The third kappa shape index (κ3) is 4.62. The maximum absolute atomic E-state index is 11.5. The number of ether oxygens (including phenoxy) is 2. The zero-order chi connectivity index (χ0) is 12.7. The molecule has 0 unspecified atom stereocenters. The van der Waals surface area contributed by atoms with Crippen molar-refractivity contribution in [3.05, 3.63) is 22.7 Å². The predicted octanol–water partition coefficient (Wildman–Crippen LogP) is 2.23. The summed E-state index contributed by atoms with van der Waals surface area (Å²) in [6, 6.07) is 5.07. The Morgan fingerprint density at radius 3 is 2.82 bits per heavy atom. The number of nitrogens with one attached hydrogen (secondary N) is 2. The van der Waals surface area contributed by atoms with Crippen molar-refractivity contribution in [1.29, 1.82) is 0 Å². The van der Waals surface area contributed by atoms with Gasteiger partial charge in [-0.2, -0.15) is 0 Å². The number of carbonyl (C=O) groups excluding carboxylic acids is 1. The van der Waals surface area contributed by atoms with Gasteiger partial charge in [0.05, 0.1) is 19.4 Å². The fourth-order valence-corrected chi connectivity index (χ4v) is 1.51. The molecule has 0 spiro atoms. The minimum Gasteiger partial charge on any atom is -0.497 e. The molecule has 17 heavy (non-hydrogen) atoms. The van der Waals surface area contributed by atoms with Crippen LogP contribution in [0.2, 0.25) is 0 Å². The van der Waals surface area contributed by atoms with E-state index in [1.54, 1.807) is 26.4 Å². The summed E-state index contributed by atoms with van der Waals surface area (Å²) in [4.78, 5) is 11.5. The second-order valence-electron chi connectivity index (χ2n) is 3.22. The molecule has 0 bridgehead atoms. The van der Waals surface area contributed by atoms with Crippen molar-refractivity contribution in [2.45, 2.75) is 0 Å². The molecule has 94 valence electrons. The van der Waals surface area contributed by atoms with Gasteiger partial charge in [0.25, 0.3) is 0 Å². The topological polar surface area (TPSA) is 59.6 Å². The average Bonchev–Trinajstić information content (AvgIpc) is 2.32. The number of hydrogen-bond donors (Lipinski definition) is 2. The Bertz CT molecular complexity index is 385. The summed E-state index contributed by atoms with van der Waals surface area (Å²) < 4.78 is 10.7. The van der Waals surface area contributed by atoms with Gasteiger partial charge in [-0.1, -0.05) is 0 Å². The average molecular weight is 303 g/mol. The van der Waals surface area contributed by atoms with E-state index in [9.17, 15) is 4.79 Å². The van der Waals surface area contributed by atoms with E-state index in [1.807, 2.05) is 6.07 Å². The van der Waals surface area contributed by atoms with Crippen LogP contribution in [-0.2, 0) is 4.74 Å². The molecule has 0 aliphatic heterocycles. The summed E-state index contributed by atoms with van der Waals surface area (Å²) in [5, 5.41) is 5.37. The normalized spacial score (nSPS) is 9.82. The molecule has 0 heterocycles. The van der Waals surface area contributed by atoms with Crippen molar-refractivity contribution < 1.29 is 14.3 Å². The summed E-state index contributed by atoms with van der Waals surface area (Å²) in [5.74, 6) is 0.681. The lowest BCUT2D eigenvalue weighted by atomic mass is 10.3. The van der Waals surface area contributed by atoms with Crippen LogP contribution >= 0.6 is 15.9 Å². The van der Waals surface area contributed by atoms with E-state index in [0.29, 0.717) is 24.6 Å². The van der Waals surface area contributed by atoms with E-state index < -0.39 is 0 Å². The van der Waals surface area contributed by atoms with Gasteiger partial charge in [-0.3, -0.25) is 0 Å². The SMILES string of the molecule is COCCNC(=O)Nc1cc(OC)ccc1Br. The number of amides is 2. The molecule has 1 aromatic rings. The molecule has 5 nitrogen and oxygen atoms in total. The number of benzene rings is 1. The third-order valence-electron chi connectivity index (χ3n) is 2.01. The Balaban J connectivity index is 2.57. The van der Waals surface area contributed by atoms with Gasteiger partial charge in [-0.25, -0.2) is 4.79 Å². The number of hydrogen-bond acceptors (Lipinski definition) is 3. The predicted molar refractivity (Wildman–Crippen MR) is 69.6 cm³/mol. The molecular formula is C11H15BrN2O3. The lowest BCUT2D eigenvalue weighted by Crippen LogP contribution is -2.31. The van der Waals surface area contributed by atoms with Crippen molar-refractivity contribution in [2.75, 3.05) is 32.7 Å². The van der Waals surface area contributed by atoms with Gasteiger partial charge in [-0.05, 0) is 28.1 Å². The molecule has 0 saturated carbocycles. The van der Waals surface area contributed by atoms with Crippen LogP contribution in [0.5, 0.6) is 5.75 Å². The van der Waals surface area contributed by atoms with E-state index in [2.05, 4.69) is 26.6 Å². The number of urea groups is 1. The lowest BCUT2D eigenvalue weighted by molar-refractivity contribution is 0.198. The van der Waals surface area contributed by atoms with Crippen LogP contribution in [0, 0.1) is 0 Å². The van der Waals surface area contributed by atoms with E-state index in [1.165, 1.54) is 0 Å². The van der Waals surface area contributed by atoms with Crippen LogP contribution in [0.3, 0.4) is 0 Å². The van der Waals surface area contributed by atoms with Crippen LogP contribution in [0.4, 0.5) is 10.5 Å². The second-order valence-corrected chi connectivity index (χ2v) is 4.07. The number of carbonyl (C=O) groups is 1. The summed E-state index contributed by atoms with van der Waals surface area (Å²) in [6.45, 7) is 0.941. The number of halogens is 1. The van der Waals surface area contributed by atoms with Gasteiger partial charge in [0, 0.05) is 24.2 Å². The largest absolute Gasteiger partial charge is 0.497 e. The van der Waals surface area contributed by atoms with E-state index in [4.69, 9.17) is 9.47 Å². The Morgan fingerprint density at radius 2 is 2.18 bits per heavy atom. The maximum atomic E-state index is 11.5.